The minimum atomic E-state index is -0.386. The first-order valence-electron chi connectivity index (χ1n) is 7.74. The van der Waals surface area contributed by atoms with E-state index in [0.29, 0.717) is 28.1 Å². The summed E-state index contributed by atoms with van der Waals surface area (Å²) in [5.41, 5.74) is 1.28. The molecule has 7 heteroatoms. The summed E-state index contributed by atoms with van der Waals surface area (Å²) in [6.45, 7) is 0. The molecule has 0 atom stereocenters. The Hall–Kier alpha value is -3.79. The standard InChI is InChI=1S/C19H12FN5O/c1-26-14-5-6-15-16(8-14)18(12-3-2-4-13(20)7-12)17(9-21)24-19(15)25-11-22-10-23-25/h2-8,10-11H,1H3. The molecule has 0 saturated carbocycles. The van der Waals surface area contributed by atoms with Crippen molar-refractivity contribution < 1.29 is 9.13 Å². The summed E-state index contributed by atoms with van der Waals surface area (Å²) < 4.78 is 20.6. The second-order valence-electron chi connectivity index (χ2n) is 5.53. The number of halogens is 1. The number of benzene rings is 2. The molecule has 2 aromatic heterocycles. The van der Waals surface area contributed by atoms with Gasteiger partial charge in [0.1, 0.15) is 30.3 Å². The molecule has 2 heterocycles. The highest BCUT2D eigenvalue weighted by molar-refractivity contribution is 6.02. The van der Waals surface area contributed by atoms with Crippen LogP contribution < -0.4 is 4.74 Å². The van der Waals surface area contributed by atoms with Gasteiger partial charge in [-0.25, -0.2) is 19.0 Å². The van der Waals surface area contributed by atoms with E-state index < -0.39 is 0 Å². The van der Waals surface area contributed by atoms with Gasteiger partial charge in [0.05, 0.1) is 7.11 Å². The average molecular weight is 345 g/mol. The van der Waals surface area contributed by atoms with Crippen molar-refractivity contribution in [2.75, 3.05) is 7.11 Å². The summed E-state index contributed by atoms with van der Waals surface area (Å²) in [4.78, 5) is 8.40. The Kier molecular flexibility index (Phi) is 3.78. The molecule has 0 N–H and O–H groups in total. The number of hydrogen-bond donors (Lipinski definition) is 0. The average Bonchev–Trinajstić information content (AvgIpc) is 3.20. The molecule has 4 aromatic rings. The van der Waals surface area contributed by atoms with Gasteiger partial charge in [0.2, 0.25) is 0 Å². The third-order valence-electron chi connectivity index (χ3n) is 4.05. The maximum Gasteiger partial charge on any atom is 0.164 e. The Morgan fingerprint density at radius 1 is 1.15 bits per heavy atom. The van der Waals surface area contributed by atoms with Crippen molar-refractivity contribution in [2.45, 2.75) is 0 Å². The van der Waals surface area contributed by atoms with Gasteiger partial charge < -0.3 is 4.74 Å². The maximum absolute atomic E-state index is 13.8. The summed E-state index contributed by atoms with van der Waals surface area (Å²) >= 11 is 0. The number of fused-ring (bicyclic) bond motifs is 1. The summed E-state index contributed by atoms with van der Waals surface area (Å²) in [6.07, 6.45) is 2.90. The molecule has 0 radical (unpaired) electrons. The van der Waals surface area contributed by atoms with E-state index in [-0.39, 0.29) is 11.5 Å². The number of nitriles is 1. The molecule has 0 aliphatic rings. The van der Waals surface area contributed by atoms with Crippen molar-refractivity contribution in [3.8, 4) is 28.8 Å². The molecule has 6 nitrogen and oxygen atoms in total. The number of aromatic nitrogens is 4. The molecule has 0 saturated heterocycles. The SMILES string of the molecule is COc1ccc2c(-n3cncn3)nc(C#N)c(-c3cccc(F)c3)c2c1. The third kappa shape index (κ3) is 2.54. The van der Waals surface area contributed by atoms with Crippen LogP contribution in [0.5, 0.6) is 5.75 Å². The number of ether oxygens (including phenoxy) is 1. The van der Waals surface area contributed by atoms with Crippen molar-refractivity contribution in [2.24, 2.45) is 0 Å². The number of hydrogen-bond acceptors (Lipinski definition) is 5. The van der Waals surface area contributed by atoms with E-state index in [4.69, 9.17) is 4.74 Å². The van der Waals surface area contributed by atoms with Gasteiger partial charge in [-0.2, -0.15) is 10.4 Å². The minimum absolute atomic E-state index is 0.168. The number of rotatable bonds is 3. The molecule has 2 aromatic carbocycles. The lowest BCUT2D eigenvalue weighted by atomic mass is 9.97. The van der Waals surface area contributed by atoms with E-state index in [9.17, 15) is 9.65 Å². The second-order valence-corrected chi connectivity index (χ2v) is 5.53. The highest BCUT2D eigenvalue weighted by Gasteiger charge is 2.18. The van der Waals surface area contributed by atoms with E-state index in [2.05, 4.69) is 21.1 Å². The molecule has 0 bridgehead atoms. The number of nitrogens with zero attached hydrogens (tertiary/aromatic N) is 5. The molecule has 26 heavy (non-hydrogen) atoms. The van der Waals surface area contributed by atoms with Gasteiger partial charge >= 0.3 is 0 Å². The normalized spacial score (nSPS) is 10.7. The predicted molar refractivity (Wildman–Crippen MR) is 93.3 cm³/mol. The van der Waals surface area contributed by atoms with E-state index >= 15 is 0 Å². The van der Waals surface area contributed by atoms with E-state index in [1.165, 1.54) is 29.5 Å². The second kappa shape index (κ2) is 6.26. The largest absolute Gasteiger partial charge is 0.497 e. The predicted octanol–water partition coefficient (Wildman–Crippen LogP) is 3.50. The highest BCUT2D eigenvalue weighted by atomic mass is 19.1. The fourth-order valence-corrected chi connectivity index (χ4v) is 2.91. The fraction of sp³-hybridized carbons (Fsp3) is 0.0526. The molecule has 0 spiro atoms. The first-order valence-corrected chi connectivity index (χ1v) is 7.74. The molecule has 0 aliphatic carbocycles. The van der Waals surface area contributed by atoms with Crippen LogP contribution in [0.1, 0.15) is 5.69 Å². The van der Waals surface area contributed by atoms with Gasteiger partial charge in [-0.15, -0.1) is 0 Å². The quantitative estimate of drug-likeness (QED) is 0.568. The van der Waals surface area contributed by atoms with Crippen molar-refractivity contribution in [1.82, 2.24) is 19.7 Å². The third-order valence-corrected chi connectivity index (χ3v) is 4.05. The van der Waals surface area contributed by atoms with Crippen LogP contribution in [0.15, 0.2) is 55.1 Å². The van der Waals surface area contributed by atoms with Crippen LogP contribution in [-0.2, 0) is 0 Å². The van der Waals surface area contributed by atoms with Crippen LogP contribution in [0.3, 0.4) is 0 Å². The molecule has 126 valence electrons. The number of methoxy groups -OCH3 is 1. The van der Waals surface area contributed by atoms with Crippen LogP contribution in [-0.4, -0.2) is 26.9 Å². The Morgan fingerprint density at radius 3 is 2.73 bits per heavy atom. The number of pyridine rings is 1. The van der Waals surface area contributed by atoms with Crippen LogP contribution >= 0.6 is 0 Å². The zero-order valence-electron chi connectivity index (χ0n) is 13.7. The van der Waals surface area contributed by atoms with Crippen molar-refractivity contribution in [3.63, 3.8) is 0 Å². The van der Waals surface area contributed by atoms with Crippen LogP contribution in [0.25, 0.3) is 27.7 Å². The lowest BCUT2D eigenvalue weighted by Gasteiger charge is -2.14. The topological polar surface area (TPSA) is 76.6 Å². The van der Waals surface area contributed by atoms with Gasteiger partial charge in [0.15, 0.2) is 11.5 Å². The molecule has 0 aliphatic heterocycles. The van der Waals surface area contributed by atoms with Crippen molar-refractivity contribution >= 4 is 10.8 Å². The monoisotopic (exact) mass is 345 g/mol. The Labute approximate surface area is 148 Å². The summed E-state index contributed by atoms with van der Waals surface area (Å²) in [5.74, 6) is 0.703. The fourth-order valence-electron chi connectivity index (χ4n) is 2.91. The first-order chi connectivity index (χ1) is 12.7. The summed E-state index contributed by atoms with van der Waals surface area (Å²) in [5, 5.41) is 15.2. The molecule has 0 unspecified atom stereocenters. The van der Waals surface area contributed by atoms with Gasteiger partial charge in [-0.05, 0) is 41.3 Å². The van der Waals surface area contributed by atoms with Crippen LogP contribution in [0, 0.1) is 17.1 Å². The summed E-state index contributed by atoms with van der Waals surface area (Å²) in [6, 6.07) is 13.6. The van der Waals surface area contributed by atoms with Gasteiger partial charge in [-0.3, -0.25) is 0 Å². The van der Waals surface area contributed by atoms with E-state index in [1.54, 1.807) is 31.4 Å². The zero-order valence-corrected chi connectivity index (χ0v) is 13.7. The van der Waals surface area contributed by atoms with Gasteiger partial charge in [0.25, 0.3) is 0 Å². The smallest absolute Gasteiger partial charge is 0.164 e. The van der Waals surface area contributed by atoms with Crippen LogP contribution in [0.2, 0.25) is 0 Å². The zero-order chi connectivity index (χ0) is 18.1. The van der Waals surface area contributed by atoms with Crippen LogP contribution in [0.4, 0.5) is 4.39 Å². The molecule has 0 amide bonds. The molecular weight excluding hydrogens is 333 g/mol. The first kappa shape index (κ1) is 15.7. The van der Waals surface area contributed by atoms with E-state index in [0.717, 1.165) is 5.39 Å². The van der Waals surface area contributed by atoms with Gasteiger partial charge in [0, 0.05) is 10.9 Å². The Bertz CT molecular complexity index is 1150. The van der Waals surface area contributed by atoms with E-state index in [1.807, 2.05) is 6.07 Å². The van der Waals surface area contributed by atoms with Gasteiger partial charge in [-0.1, -0.05) is 12.1 Å². The molecule has 4 rings (SSSR count). The summed E-state index contributed by atoms with van der Waals surface area (Å²) in [7, 11) is 1.56. The Morgan fingerprint density at radius 2 is 2.04 bits per heavy atom. The lowest BCUT2D eigenvalue weighted by Crippen LogP contribution is -2.03. The molecular formula is C19H12FN5O. The Balaban J connectivity index is 2.14. The van der Waals surface area contributed by atoms with Crippen molar-refractivity contribution in [3.05, 3.63) is 66.6 Å². The maximum atomic E-state index is 13.8. The molecule has 0 fully saturated rings. The van der Waals surface area contributed by atoms with Crippen molar-refractivity contribution in [1.29, 1.82) is 5.26 Å². The highest BCUT2D eigenvalue weighted by Crippen LogP contribution is 2.36. The lowest BCUT2D eigenvalue weighted by molar-refractivity contribution is 0.415. The minimum Gasteiger partial charge on any atom is -0.497 e.